The van der Waals surface area contributed by atoms with Crippen LogP contribution in [0.1, 0.15) is 36.1 Å². The number of Topliss-reactive ketones (excluding diaryl/α,β-unsaturated/α-hetero) is 1. The van der Waals surface area contributed by atoms with E-state index in [2.05, 4.69) is 0 Å². The van der Waals surface area contributed by atoms with E-state index in [-0.39, 0.29) is 17.9 Å². The summed E-state index contributed by atoms with van der Waals surface area (Å²) in [4.78, 5) is 27.7. The molecule has 8 nitrogen and oxygen atoms in total. The van der Waals surface area contributed by atoms with Crippen molar-refractivity contribution in [3.05, 3.63) is 58.7 Å². The summed E-state index contributed by atoms with van der Waals surface area (Å²) < 4.78 is 21.5. The van der Waals surface area contributed by atoms with Gasteiger partial charge in [0.1, 0.15) is 11.5 Å². The summed E-state index contributed by atoms with van der Waals surface area (Å²) in [6.07, 6.45) is 0.538. The molecule has 1 heterocycles. The lowest BCUT2D eigenvalue weighted by atomic mass is 9.94. The van der Waals surface area contributed by atoms with Crippen LogP contribution < -0.4 is 14.2 Å². The van der Waals surface area contributed by atoms with Crippen LogP contribution in [0.2, 0.25) is 0 Å². The highest BCUT2D eigenvalue weighted by atomic mass is 16.5. The number of ether oxygens (including phenoxy) is 4. The van der Waals surface area contributed by atoms with Gasteiger partial charge in [0.15, 0.2) is 11.5 Å². The number of nitrogens with zero attached hydrogens (tertiary/aromatic N) is 1. The van der Waals surface area contributed by atoms with Crippen molar-refractivity contribution in [2.24, 2.45) is 0 Å². The van der Waals surface area contributed by atoms with Crippen molar-refractivity contribution in [2.75, 3.05) is 41.1 Å². The van der Waals surface area contributed by atoms with E-state index in [0.29, 0.717) is 48.0 Å². The summed E-state index contributed by atoms with van der Waals surface area (Å²) in [5, 5.41) is 11.2. The first-order chi connectivity index (χ1) is 16.4. The Labute approximate surface area is 199 Å². The van der Waals surface area contributed by atoms with Crippen LogP contribution in [-0.2, 0) is 14.3 Å². The van der Waals surface area contributed by atoms with Crippen molar-refractivity contribution in [2.45, 2.75) is 26.3 Å². The maximum absolute atomic E-state index is 13.2. The average Bonchev–Trinajstić information content (AvgIpc) is 3.09. The second kappa shape index (κ2) is 11.1. The molecule has 0 aromatic heterocycles. The number of aliphatic hydroxyl groups excluding tert-OH is 1. The molecule has 0 unspecified atom stereocenters. The van der Waals surface area contributed by atoms with E-state index < -0.39 is 17.7 Å². The van der Waals surface area contributed by atoms with Crippen LogP contribution in [0.5, 0.6) is 17.2 Å². The van der Waals surface area contributed by atoms with Gasteiger partial charge in [0, 0.05) is 25.8 Å². The monoisotopic (exact) mass is 469 g/mol. The zero-order chi connectivity index (χ0) is 24.8. The molecule has 8 heteroatoms. The fourth-order valence-corrected chi connectivity index (χ4v) is 4.15. The summed E-state index contributed by atoms with van der Waals surface area (Å²) in [6, 6.07) is 9.57. The van der Waals surface area contributed by atoms with Crippen LogP contribution in [0.4, 0.5) is 0 Å². The minimum atomic E-state index is -0.788. The van der Waals surface area contributed by atoms with Gasteiger partial charge < -0.3 is 29.0 Å². The molecule has 1 amide bonds. The highest BCUT2D eigenvalue weighted by Gasteiger charge is 2.46. The Kier molecular flexibility index (Phi) is 8.17. The Balaban J connectivity index is 2.16. The standard InChI is InChI=1S/C26H31NO7/c1-6-34-20-11-8-17(15-21(20)33-5)23-22(25(29)26(30)27(23)12-7-13-31-3)24(28)18-9-10-19(32-4)16(2)14-18/h8-11,14-15,23,28H,6-7,12-13H2,1-5H3/b24-22+/t23-/m0/s1. The number of aryl methyl sites for hydroxylation is 1. The molecule has 1 aliphatic heterocycles. The number of carbonyl (C=O) groups is 2. The van der Waals surface area contributed by atoms with E-state index in [0.717, 1.165) is 5.56 Å². The second-order valence-corrected chi connectivity index (χ2v) is 7.87. The SMILES string of the molecule is CCOc1ccc([C@H]2/C(=C(\O)c3ccc(OC)c(C)c3)C(=O)C(=O)N2CCCOC)cc1OC. The van der Waals surface area contributed by atoms with Crippen molar-refractivity contribution in [1.82, 2.24) is 4.90 Å². The lowest BCUT2D eigenvalue weighted by Crippen LogP contribution is -2.31. The van der Waals surface area contributed by atoms with Gasteiger partial charge in [-0.1, -0.05) is 6.07 Å². The number of benzene rings is 2. The van der Waals surface area contributed by atoms with Crippen LogP contribution in [0, 0.1) is 6.92 Å². The van der Waals surface area contributed by atoms with Gasteiger partial charge in [-0.3, -0.25) is 9.59 Å². The Morgan fingerprint density at radius 3 is 2.32 bits per heavy atom. The summed E-state index contributed by atoms with van der Waals surface area (Å²) in [5.74, 6) is 0.0422. The quantitative estimate of drug-likeness (QED) is 0.244. The summed E-state index contributed by atoms with van der Waals surface area (Å²) in [5.41, 5.74) is 1.87. The molecule has 1 atom stereocenters. The Hall–Kier alpha value is -3.52. The second-order valence-electron chi connectivity index (χ2n) is 7.87. The van der Waals surface area contributed by atoms with Crippen molar-refractivity contribution in [3.63, 3.8) is 0 Å². The van der Waals surface area contributed by atoms with Gasteiger partial charge in [-0.25, -0.2) is 0 Å². The summed E-state index contributed by atoms with van der Waals surface area (Å²) in [7, 11) is 4.67. The van der Waals surface area contributed by atoms with Crippen LogP contribution in [0.3, 0.4) is 0 Å². The first-order valence-electron chi connectivity index (χ1n) is 11.1. The van der Waals surface area contributed by atoms with E-state index in [4.69, 9.17) is 18.9 Å². The first kappa shape index (κ1) is 25.1. The molecule has 3 rings (SSSR count). The van der Waals surface area contributed by atoms with E-state index in [1.54, 1.807) is 50.6 Å². The maximum Gasteiger partial charge on any atom is 0.295 e. The van der Waals surface area contributed by atoms with Gasteiger partial charge in [-0.2, -0.15) is 0 Å². The van der Waals surface area contributed by atoms with E-state index in [1.807, 2.05) is 13.8 Å². The predicted octanol–water partition coefficient (Wildman–Crippen LogP) is 3.87. The Bertz CT molecular complexity index is 1090. The predicted molar refractivity (Wildman–Crippen MR) is 127 cm³/mol. The molecule has 0 radical (unpaired) electrons. The number of likely N-dealkylation sites (tertiary alicyclic amines) is 1. The van der Waals surface area contributed by atoms with Gasteiger partial charge in [-0.15, -0.1) is 0 Å². The van der Waals surface area contributed by atoms with Crippen molar-refractivity contribution in [3.8, 4) is 17.2 Å². The summed E-state index contributed by atoms with van der Waals surface area (Å²) in [6.45, 7) is 4.89. The Morgan fingerprint density at radius 1 is 1.00 bits per heavy atom. The lowest BCUT2D eigenvalue weighted by Gasteiger charge is -2.26. The van der Waals surface area contributed by atoms with E-state index >= 15 is 0 Å². The lowest BCUT2D eigenvalue weighted by molar-refractivity contribution is -0.140. The number of hydrogen-bond donors (Lipinski definition) is 1. The van der Waals surface area contributed by atoms with Crippen molar-refractivity contribution >= 4 is 17.4 Å². The van der Waals surface area contributed by atoms with Crippen LogP contribution in [-0.4, -0.2) is 62.8 Å². The van der Waals surface area contributed by atoms with Gasteiger partial charge >= 0.3 is 0 Å². The minimum Gasteiger partial charge on any atom is -0.507 e. The van der Waals surface area contributed by atoms with Crippen LogP contribution in [0.25, 0.3) is 5.76 Å². The zero-order valence-corrected chi connectivity index (χ0v) is 20.2. The highest BCUT2D eigenvalue weighted by Crippen LogP contribution is 2.42. The third-order valence-electron chi connectivity index (χ3n) is 5.76. The Morgan fingerprint density at radius 2 is 1.71 bits per heavy atom. The third kappa shape index (κ3) is 4.87. The topological polar surface area (TPSA) is 94.5 Å². The average molecular weight is 470 g/mol. The molecule has 182 valence electrons. The maximum atomic E-state index is 13.2. The first-order valence-corrected chi connectivity index (χ1v) is 11.1. The van der Waals surface area contributed by atoms with Crippen LogP contribution >= 0.6 is 0 Å². The summed E-state index contributed by atoms with van der Waals surface area (Å²) >= 11 is 0. The van der Waals surface area contributed by atoms with Crippen molar-refractivity contribution in [1.29, 1.82) is 0 Å². The molecule has 1 fully saturated rings. The molecule has 2 aromatic carbocycles. The van der Waals surface area contributed by atoms with Crippen LogP contribution in [0.15, 0.2) is 42.0 Å². The van der Waals surface area contributed by atoms with E-state index in [1.165, 1.54) is 12.0 Å². The normalized spacial score (nSPS) is 17.2. The largest absolute Gasteiger partial charge is 0.507 e. The smallest absolute Gasteiger partial charge is 0.295 e. The van der Waals surface area contributed by atoms with Gasteiger partial charge in [0.05, 0.1) is 32.4 Å². The molecular formula is C26H31NO7. The van der Waals surface area contributed by atoms with Gasteiger partial charge in [0.25, 0.3) is 11.7 Å². The molecule has 1 saturated heterocycles. The highest BCUT2D eigenvalue weighted by molar-refractivity contribution is 6.46. The van der Waals surface area contributed by atoms with Crippen molar-refractivity contribution < 1.29 is 33.6 Å². The zero-order valence-electron chi connectivity index (χ0n) is 20.2. The number of aliphatic hydroxyl groups is 1. The molecule has 1 aliphatic rings. The molecule has 1 N–H and O–H groups in total. The fourth-order valence-electron chi connectivity index (χ4n) is 4.15. The van der Waals surface area contributed by atoms with Gasteiger partial charge in [0.2, 0.25) is 0 Å². The number of methoxy groups -OCH3 is 3. The number of carbonyl (C=O) groups excluding carboxylic acids is 2. The number of ketones is 1. The minimum absolute atomic E-state index is 0.0261. The molecule has 34 heavy (non-hydrogen) atoms. The van der Waals surface area contributed by atoms with Gasteiger partial charge in [-0.05, 0) is 61.7 Å². The third-order valence-corrected chi connectivity index (χ3v) is 5.76. The van der Waals surface area contributed by atoms with E-state index in [9.17, 15) is 14.7 Å². The molecule has 0 spiro atoms. The molecule has 2 aromatic rings. The molecular weight excluding hydrogens is 438 g/mol. The fraction of sp³-hybridized carbons (Fsp3) is 0.385. The molecule has 0 saturated carbocycles. The number of rotatable bonds is 10. The molecule has 0 aliphatic carbocycles. The number of hydrogen-bond acceptors (Lipinski definition) is 7. The molecule has 0 bridgehead atoms. The number of amides is 1.